The van der Waals surface area contributed by atoms with Crippen LogP contribution in [0.25, 0.3) is 0 Å². The molecule has 0 saturated carbocycles. The molecule has 0 aliphatic carbocycles. The molecule has 0 aromatic heterocycles. The van der Waals surface area contributed by atoms with E-state index in [1.165, 1.54) is 0 Å². The normalized spacial score (nSPS) is 21.4. The van der Waals surface area contributed by atoms with Crippen molar-refractivity contribution in [1.82, 2.24) is 4.90 Å². The van der Waals surface area contributed by atoms with Gasteiger partial charge in [-0.2, -0.15) is 0 Å². The van der Waals surface area contributed by atoms with Gasteiger partial charge in [-0.3, -0.25) is 4.79 Å². The number of nitrogens with zero attached hydrogens (tertiary/aromatic N) is 1. The molecule has 0 radical (unpaired) electrons. The summed E-state index contributed by atoms with van der Waals surface area (Å²) in [4.78, 5) is 25.2. The molecule has 6 heteroatoms. The van der Waals surface area contributed by atoms with Gasteiger partial charge < -0.3 is 15.3 Å². The molecule has 1 fully saturated rings. The number of amides is 2. The molecule has 1 aliphatic heterocycles. The topological polar surface area (TPSA) is 69.6 Å². The lowest BCUT2D eigenvalue weighted by Crippen LogP contribution is -2.38. The monoisotopic (exact) mass is 354 g/mol. The molecule has 2 amide bonds. The second-order valence-electron chi connectivity index (χ2n) is 5.50. The lowest BCUT2D eigenvalue weighted by atomic mass is 9.84. The smallest absolute Gasteiger partial charge is 0.321 e. The highest BCUT2D eigenvalue weighted by molar-refractivity contribution is 9.10. The minimum absolute atomic E-state index is 0.248. The predicted molar refractivity (Wildman–Crippen MR) is 84.4 cm³/mol. The van der Waals surface area contributed by atoms with Crippen LogP contribution in [0.1, 0.15) is 25.3 Å². The summed E-state index contributed by atoms with van der Waals surface area (Å²) in [6.07, 6.45) is 1.03. The Kier molecular flexibility index (Phi) is 4.56. The summed E-state index contributed by atoms with van der Waals surface area (Å²) in [6.45, 7) is 4.56. The average Bonchev–Trinajstić information content (AvgIpc) is 2.89. The van der Waals surface area contributed by atoms with Crippen LogP contribution in [-0.2, 0) is 4.79 Å². The number of benzene rings is 1. The highest BCUT2D eigenvalue weighted by Crippen LogP contribution is 2.34. The third-order valence-corrected chi connectivity index (χ3v) is 5.05. The number of carbonyl (C=O) groups excluding carboxylic acids is 1. The number of urea groups is 1. The molecule has 5 nitrogen and oxygen atoms in total. The molecule has 114 valence electrons. The van der Waals surface area contributed by atoms with Gasteiger partial charge in [0, 0.05) is 23.2 Å². The fraction of sp³-hybridized carbons (Fsp3) is 0.467. The number of likely N-dealkylation sites (tertiary alicyclic amines) is 1. The molecule has 1 atom stereocenters. The molecule has 1 aromatic carbocycles. The maximum Gasteiger partial charge on any atom is 0.321 e. The van der Waals surface area contributed by atoms with E-state index in [0.29, 0.717) is 25.1 Å². The van der Waals surface area contributed by atoms with E-state index in [9.17, 15) is 14.7 Å². The Bertz CT molecular complexity index is 576. The summed E-state index contributed by atoms with van der Waals surface area (Å²) < 4.78 is 0.926. The van der Waals surface area contributed by atoms with Crippen molar-refractivity contribution in [2.24, 2.45) is 5.41 Å². The number of hydrogen-bond donors (Lipinski definition) is 2. The molecule has 1 saturated heterocycles. The largest absolute Gasteiger partial charge is 0.481 e. The number of halogens is 1. The molecule has 0 bridgehead atoms. The van der Waals surface area contributed by atoms with Gasteiger partial charge in [0.25, 0.3) is 0 Å². The van der Waals surface area contributed by atoms with Gasteiger partial charge in [-0.25, -0.2) is 4.79 Å². The SMILES string of the molecule is CCC1(C(=O)O)CCN(C(=O)Nc2ccc(C)c(Br)c2)C1. The number of carbonyl (C=O) groups is 2. The second kappa shape index (κ2) is 6.05. The fourth-order valence-corrected chi connectivity index (χ4v) is 2.91. The highest BCUT2D eigenvalue weighted by atomic mass is 79.9. The summed E-state index contributed by atoms with van der Waals surface area (Å²) in [5, 5.41) is 12.2. The van der Waals surface area contributed by atoms with Crippen LogP contribution in [0.2, 0.25) is 0 Å². The van der Waals surface area contributed by atoms with Crippen molar-refractivity contribution >= 4 is 33.6 Å². The molecule has 21 heavy (non-hydrogen) atoms. The van der Waals surface area contributed by atoms with Crippen LogP contribution in [0.15, 0.2) is 22.7 Å². The van der Waals surface area contributed by atoms with Gasteiger partial charge in [-0.05, 0) is 37.5 Å². The molecule has 1 unspecified atom stereocenters. The van der Waals surface area contributed by atoms with E-state index in [4.69, 9.17) is 0 Å². The maximum atomic E-state index is 12.2. The summed E-state index contributed by atoms with van der Waals surface area (Å²) in [5.41, 5.74) is 0.984. The van der Waals surface area contributed by atoms with Gasteiger partial charge in [0.05, 0.1) is 5.41 Å². The Morgan fingerprint density at radius 2 is 2.19 bits per heavy atom. The molecule has 1 aromatic rings. The van der Waals surface area contributed by atoms with Crippen molar-refractivity contribution in [2.45, 2.75) is 26.7 Å². The van der Waals surface area contributed by atoms with Crippen LogP contribution in [0.4, 0.5) is 10.5 Å². The van der Waals surface area contributed by atoms with E-state index in [1.807, 2.05) is 32.0 Å². The van der Waals surface area contributed by atoms with Crippen LogP contribution in [0.3, 0.4) is 0 Å². The number of carboxylic acid groups (broad SMARTS) is 1. The zero-order valence-corrected chi connectivity index (χ0v) is 13.7. The van der Waals surface area contributed by atoms with Crippen molar-refractivity contribution in [3.63, 3.8) is 0 Å². The number of anilines is 1. The maximum absolute atomic E-state index is 12.2. The molecule has 1 aliphatic rings. The van der Waals surface area contributed by atoms with Crippen LogP contribution >= 0.6 is 15.9 Å². The Hall–Kier alpha value is -1.56. The van der Waals surface area contributed by atoms with Crippen molar-refractivity contribution in [2.75, 3.05) is 18.4 Å². The fourth-order valence-electron chi connectivity index (χ4n) is 2.53. The number of rotatable bonds is 3. The van der Waals surface area contributed by atoms with E-state index in [2.05, 4.69) is 21.2 Å². The summed E-state index contributed by atoms with van der Waals surface area (Å²) in [6, 6.07) is 5.34. The van der Waals surface area contributed by atoms with E-state index in [1.54, 1.807) is 4.90 Å². The number of aliphatic carboxylic acids is 1. The molecular formula is C15H19BrN2O3. The molecule has 2 N–H and O–H groups in total. The van der Waals surface area contributed by atoms with Crippen LogP contribution in [-0.4, -0.2) is 35.1 Å². The Morgan fingerprint density at radius 1 is 1.48 bits per heavy atom. The summed E-state index contributed by atoms with van der Waals surface area (Å²) >= 11 is 3.43. The molecule has 1 heterocycles. The van der Waals surface area contributed by atoms with Crippen LogP contribution in [0.5, 0.6) is 0 Å². The zero-order valence-electron chi connectivity index (χ0n) is 12.1. The van der Waals surface area contributed by atoms with Crippen LogP contribution in [0, 0.1) is 12.3 Å². The van der Waals surface area contributed by atoms with E-state index in [0.717, 1.165) is 10.0 Å². The van der Waals surface area contributed by atoms with Gasteiger partial charge in [0.15, 0.2) is 0 Å². The first-order valence-electron chi connectivity index (χ1n) is 6.93. The lowest BCUT2D eigenvalue weighted by molar-refractivity contribution is -0.148. The average molecular weight is 355 g/mol. The van der Waals surface area contributed by atoms with Gasteiger partial charge in [-0.1, -0.05) is 28.9 Å². The summed E-state index contributed by atoms with van der Waals surface area (Å²) in [5.74, 6) is -0.821. The zero-order chi connectivity index (χ0) is 15.6. The van der Waals surface area contributed by atoms with Crippen molar-refractivity contribution in [3.05, 3.63) is 28.2 Å². The van der Waals surface area contributed by atoms with Crippen molar-refractivity contribution in [3.8, 4) is 0 Å². The Balaban J connectivity index is 2.05. The van der Waals surface area contributed by atoms with Crippen molar-refractivity contribution < 1.29 is 14.7 Å². The lowest BCUT2D eigenvalue weighted by Gasteiger charge is -2.23. The minimum atomic E-state index is -0.821. The number of hydrogen-bond acceptors (Lipinski definition) is 2. The first-order chi connectivity index (χ1) is 9.88. The third kappa shape index (κ3) is 3.20. The predicted octanol–water partition coefficient (Wildman–Crippen LogP) is 3.48. The van der Waals surface area contributed by atoms with Crippen LogP contribution < -0.4 is 5.32 Å². The Labute approximate surface area is 132 Å². The first kappa shape index (κ1) is 15.8. The second-order valence-corrected chi connectivity index (χ2v) is 6.36. The third-order valence-electron chi connectivity index (χ3n) is 4.19. The first-order valence-corrected chi connectivity index (χ1v) is 7.73. The van der Waals surface area contributed by atoms with Gasteiger partial charge >= 0.3 is 12.0 Å². The quantitative estimate of drug-likeness (QED) is 0.872. The van der Waals surface area contributed by atoms with E-state index in [-0.39, 0.29) is 12.6 Å². The molecule has 0 spiro atoms. The van der Waals surface area contributed by atoms with Gasteiger partial charge in [-0.15, -0.1) is 0 Å². The highest BCUT2D eigenvalue weighted by Gasteiger charge is 2.44. The Morgan fingerprint density at radius 3 is 2.71 bits per heavy atom. The minimum Gasteiger partial charge on any atom is -0.481 e. The standard InChI is InChI=1S/C15H19BrN2O3/c1-3-15(13(19)20)6-7-18(9-15)14(21)17-11-5-4-10(2)12(16)8-11/h4-5,8H,3,6-7,9H2,1-2H3,(H,17,21)(H,19,20). The number of carboxylic acids is 1. The number of aryl methyl sites for hydroxylation is 1. The van der Waals surface area contributed by atoms with Gasteiger partial charge in [0.2, 0.25) is 0 Å². The van der Waals surface area contributed by atoms with E-state index >= 15 is 0 Å². The molecular weight excluding hydrogens is 336 g/mol. The van der Waals surface area contributed by atoms with Gasteiger partial charge in [0.1, 0.15) is 0 Å². The number of nitrogens with one attached hydrogen (secondary N) is 1. The summed E-state index contributed by atoms with van der Waals surface area (Å²) in [7, 11) is 0. The van der Waals surface area contributed by atoms with E-state index < -0.39 is 11.4 Å². The van der Waals surface area contributed by atoms with Crippen molar-refractivity contribution in [1.29, 1.82) is 0 Å². The molecule has 2 rings (SSSR count).